The number of Topliss-reactive ketones (excluding diaryl/α,β-unsaturated/α-hetero) is 1. The van der Waals surface area contributed by atoms with Gasteiger partial charge in [-0.2, -0.15) is 0 Å². The van der Waals surface area contributed by atoms with Crippen LogP contribution < -0.4 is 10.1 Å². The van der Waals surface area contributed by atoms with Crippen molar-refractivity contribution in [1.82, 2.24) is 4.98 Å². The van der Waals surface area contributed by atoms with Crippen LogP contribution in [0.25, 0.3) is 0 Å². The zero-order valence-corrected chi connectivity index (χ0v) is 13.9. The van der Waals surface area contributed by atoms with Crippen molar-refractivity contribution in [3.8, 4) is 11.5 Å². The van der Waals surface area contributed by atoms with Gasteiger partial charge in [-0.25, -0.2) is 0 Å². The molecule has 0 atom stereocenters. The summed E-state index contributed by atoms with van der Waals surface area (Å²) < 4.78 is 4.97. The smallest absolute Gasteiger partial charge is 0.257 e. The van der Waals surface area contributed by atoms with Gasteiger partial charge in [0.15, 0.2) is 17.3 Å². The molecule has 1 aliphatic carbocycles. The van der Waals surface area contributed by atoms with Crippen LogP contribution in [-0.4, -0.2) is 28.9 Å². The number of benzene rings is 1. The zero-order chi connectivity index (χ0) is 17.5. The van der Waals surface area contributed by atoms with Crippen molar-refractivity contribution in [2.75, 3.05) is 12.4 Å². The molecule has 0 saturated carbocycles. The van der Waals surface area contributed by atoms with Crippen LogP contribution in [-0.2, 0) is 6.42 Å². The molecule has 6 heteroatoms. The lowest BCUT2D eigenvalue weighted by molar-refractivity contribution is 0.0902. The highest BCUT2D eigenvalue weighted by molar-refractivity contribution is 6.13. The molecule has 6 nitrogen and oxygen atoms in total. The second-order valence-electron chi connectivity index (χ2n) is 6.84. The molecule has 1 aromatic heterocycles. The number of H-pyrrole nitrogens is 1. The van der Waals surface area contributed by atoms with Gasteiger partial charge in [0.1, 0.15) is 0 Å². The van der Waals surface area contributed by atoms with Gasteiger partial charge in [-0.05, 0) is 24.0 Å². The third-order valence-corrected chi connectivity index (χ3v) is 4.22. The van der Waals surface area contributed by atoms with Crippen LogP contribution in [0.5, 0.6) is 11.5 Å². The number of hydrogen-bond acceptors (Lipinski definition) is 4. The van der Waals surface area contributed by atoms with E-state index < -0.39 is 0 Å². The lowest BCUT2D eigenvalue weighted by atomic mass is 9.75. The number of carbonyl (C=O) groups is 2. The Morgan fingerprint density at radius 2 is 2.08 bits per heavy atom. The summed E-state index contributed by atoms with van der Waals surface area (Å²) >= 11 is 0. The number of methoxy groups -OCH3 is 1. The number of anilines is 1. The quantitative estimate of drug-likeness (QED) is 0.807. The van der Waals surface area contributed by atoms with E-state index >= 15 is 0 Å². The van der Waals surface area contributed by atoms with E-state index in [4.69, 9.17) is 4.74 Å². The second-order valence-corrected chi connectivity index (χ2v) is 6.84. The van der Waals surface area contributed by atoms with E-state index in [9.17, 15) is 14.7 Å². The maximum Gasteiger partial charge on any atom is 0.257 e. The minimum atomic E-state index is -0.384. The number of phenolic OH excluding ortho intramolecular Hbond substituents is 1. The van der Waals surface area contributed by atoms with Gasteiger partial charge >= 0.3 is 0 Å². The largest absolute Gasteiger partial charge is 0.504 e. The number of phenols is 1. The molecule has 1 amide bonds. The number of rotatable bonds is 3. The van der Waals surface area contributed by atoms with Crippen LogP contribution in [0.2, 0.25) is 0 Å². The third-order valence-electron chi connectivity index (χ3n) is 4.22. The summed E-state index contributed by atoms with van der Waals surface area (Å²) in [7, 11) is 1.45. The Balaban J connectivity index is 1.86. The van der Waals surface area contributed by atoms with E-state index in [1.807, 2.05) is 13.8 Å². The zero-order valence-electron chi connectivity index (χ0n) is 13.9. The Bertz CT molecular complexity index is 820. The Kier molecular flexibility index (Phi) is 3.83. The normalized spacial score (nSPS) is 15.7. The van der Waals surface area contributed by atoms with Gasteiger partial charge in [0.05, 0.1) is 18.2 Å². The molecule has 24 heavy (non-hydrogen) atoms. The topological polar surface area (TPSA) is 91.4 Å². The molecular formula is C18H20N2O4. The van der Waals surface area contributed by atoms with Crippen molar-refractivity contribution in [3.05, 3.63) is 41.2 Å². The average Bonchev–Trinajstić information content (AvgIpc) is 2.90. The monoisotopic (exact) mass is 328 g/mol. The summed E-state index contributed by atoms with van der Waals surface area (Å²) in [6.45, 7) is 4.07. The lowest BCUT2D eigenvalue weighted by Crippen LogP contribution is -2.28. The van der Waals surface area contributed by atoms with Crippen molar-refractivity contribution >= 4 is 17.4 Å². The van der Waals surface area contributed by atoms with Gasteiger partial charge in [0.25, 0.3) is 5.91 Å². The Hall–Kier alpha value is -2.76. The standard InChI is InChI=1S/C18H20N2O4/c1-18(2)7-12-16(14(22)8-18)11(9-19-12)17(23)20-10-4-5-15(24-3)13(21)6-10/h4-6,9,19,21H,7-8H2,1-3H3,(H,20,23). The number of nitrogens with one attached hydrogen (secondary N) is 2. The predicted octanol–water partition coefficient (Wildman–Crippen LogP) is 3.14. The molecule has 0 bridgehead atoms. The highest BCUT2D eigenvalue weighted by Gasteiger charge is 2.35. The van der Waals surface area contributed by atoms with Crippen molar-refractivity contribution in [2.45, 2.75) is 26.7 Å². The number of hydrogen-bond donors (Lipinski definition) is 3. The number of amides is 1. The van der Waals surface area contributed by atoms with Gasteiger partial charge in [-0.1, -0.05) is 13.8 Å². The summed E-state index contributed by atoms with van der Waals surface area (Å²) in [6, 6.07) is 4.59. The molecular weight excluding hydrogens is 308 g/mol. The molecule has 3 N–H and O–H groups in total. The van der Waals surface area contributed by atoms with Crippen molar-refractivity contribution < 1.29 is 19.4 Å². The summed E-state index contributed by atoms with van der Waals surface area (Å²) in [5, 5.41) is 12.5. The molecule has 0 unspecified atom stereocenters. The number of fused-ring (bicyclic) bond motifs is 1. The van der Waals surface area contributed by atoms with Crippen LogP contribution in [0.15, 0.2) is 24.4 Å². The summed E-state index contributed by atoms with van der Waals surface area (Å²) in [4.78, 5) is 28.0. The molecule has 1 aromatic carbocycles. The maximum absolute atomic E-state index is 12.5. The van der Waals surface area contributed by atoms with E-state index in [2.05, 4.69) is 10.3 Å². The van der Waals surface area contributed by atoms with E-state index in [-0.39, 0.29) is 22.9 Å². The summed E-state index contributed by atoms with van der Waals surface area (Å²) in [5.41, 5.74) is 1.94. The van der Waals surface area contributed by atoms with E-state index in [1.54, 1.807) is 18.3 Å². The van der Waals surface area contributed by atoms with Crippen molar-refractivity contribution in [3.63, 3.8) is 0 Å². The van der Waals surface area contributed by atoms with Crippen molar-refractivity contribution in [1.29, 1.82) is 0 Å². The molecule has 0 aliphatic heterocycles. The molecule has 0 spiro atoms. The first kappa shape index (κ1) is 16.1. The minimum absolute atomic E-state index is 0.0229. The second kappa shape index (κ2) is 5.70. The highest BCUT2D eigenvalue weighted by Crippen LogP contribution is 2.36. The lowest BCUT2D eigenvalue weighted by Gasteiger charge is -2.28. The number of carbonyl (C=O) groups excluding carboxylic acids is 2. The van der Waals surface area contributed by atoms with Crippen LogP contribution in [0.3, 0.4) is 0 Å². The molecule has 126 valence electrons. The summed E-state index contributed by atoms with van der Waals surface area (Å²) in [6.07, 6.45) is 2.72. The fourth-order valence-corrected chi connectivity index (χ4v) is 3.13. The van der Waals surface area contributed by atoms with E-state index in [1.165, 1.54) is 13.2 Å². The molecule has 0 radical (unpaired) electrons. The van der Waals surface area contributed by atoms with Gasteiger partial charge in [0, 0.05) is 30.1 Å². The molecule has 0 fully saturated rings. The van der Waals surface area contributed by atoms with Crippen LogP contribution in [0, 0.1) is 5.41 Å². The van der Waals surface area contributed by atoms with E-state index in [0.717, 1.165) is 12.1 Å². The first-order valence-corrected chi connectivity index (χ1v) is 7.72. The average molecular weight is 328 g/mol. The maximum atomic E-state index is 12.5. The minimum Gasteiger partial charge on any atom is -0.504 e. The Labute approximate surface area is 139 Å². The Morgan fingerprint density at radius 3 is 2.75 bits per heavy atom. The first-order valence-electron chi connectivity index (χ1n) is 7.72. The van der Waals surface area contributed by atoms with Crippen LogP contribution >= 0.6 is 0 Å². The SMILES string of the molecule is COc1ccc(NC(=O)c2c[nH]c3c2C(=O)CC(C)(C)C3)cc1O. The van der Waals surface area contributed by atoms with Crippen molar-refractivity contribution in [2.24, 2.45) is 5.41 Å². The highest BCUT2D eigenvalue weighted by atomic mass is 16.5. The third kappa shape index (κ3) is 2.87. The number of aromatic amines is 1. The fourth-order valence-electron chi connectivity index (χ4n) is 3.13. The molecule has 2 aromatic rings. The van der Waals surface area contributed by atoms with Gasteiger partial charge in [-0.15, -0.1) is 0 Å². The molecule has 0 saturated heterocycles. The number of ketones is 1. The number of aromatic nitrogens is 1. The first-order chi connectivity index (χ1) is 11.3. The van der Waals surface area contributed by atoms with Gasteiger partial charge in [0.2, 0.25) is 0 Å². The Morgan fingerprint density at radius 1 is 1.33 bits per heavy atom. The molecule has 1 heterocycles. The van der Waals surface area contributed by atoms with Crippen LogP contribution in [0.1, 0.15) is 46.7 Å². The van der Waals surface area contributed by atoms with Gasteiger partial charge in [-0.3, -0.25) is 9.59 Å². The van der Waals surface area contributed by atoms with Crippen LogP contribution in [0.4, 0.5) is 5.69 Å². The molecule has 1 aliphatic rings. The number of aromatic hydroxyl groups is 1. The predicted molar refractivity (Wildman–Crippen MR) is 89.8 cm³/mol. The fraction of sp³-hybridized carbons (Fsp3) is 0.333. The summed E-state index contributed by atoms with van der Waals surface area (Å²) in [5.74, 6) is -0.149. The molecule has 3 rings (SSSR count). The van der Waals surface area contributed by atoms with Gasteiger partial charge < -0.3 is 20.1 Å². The number of ether oxygens (including phenoxy) is 1. The van der Waals surface area contributed by atoms with E-state index in [0.29, 0.717) is 29.0 Å².